The Kier molecular flexibility index (Phi) is 4.56. The molecule has 1 saturated heterocycles. The second kappa shape index (κ2) is 7.00. The lowest BCUT2D eigenvalue weighted by molar-refractivity contribution is 0.0360. The highest BCUT2D eigenvalue weighted by atomic mass is 16.5. The average molecular weight is 357 g/mol. The molecule has 1 aliphatic heterocycles. The van der Waals surface area contributed by atoms with Gasteiger partial charge in [0, 0.05) is 37.0 Å². The number of fused-ring (bicyclic) bond motifs is 1. The van der Waals surface area contributed by atoms with Crippen LogP contribution in [0.25, 0.3) is 17.0 Å². The molecular weight excluding hydrogens is 334 g/mol. The van der Waals surface area contributed by atoms with Crippen molar-refractivity contribution in [2.45, 2.75) is 26.3 Å². The lowest BCUT2D eigenvalue weighted by Crippen LogP contribution is -2.38. The van der Waals surface area contributed by atoms with E-state index in [-0.39, 0.29) is 11.5 Å². The zero-order valence-corrected chi connectivity index (χ0v) is 15.1. The number of morpholine rings is 1. The zero-order valence-electron chi connectivity index (χ0n) is 15.1. The average Bonchev–Trinajstić information content (AvgIpc) is 3.29. The summed E-state index contributed by atoms with van der Waals surface area (Å²) in [6.45, 7) is 9.24. The van der Waals surface area contributed by atoms with Gasteiger partial charge in [0.05, 0.1) is 31.6 Å². The van der Waals surface area contributed by atoms with Crippen molar-refractivity contribution in [3.05, 3.63) is 34.6 Å². The van der Waals surface area contributed by atoms with Crippen molar-refractivity contribution >= 4 is 5.78 Å². The molecule has 0 unspecified atom stereocenters. The number of rotatable bonds is 5. The minimum Gasteiger partial charge on any atom is -0.379 e. The highest BCUT2D eigenvalue weighted by molar-refractivity contribution is 5.63. The van der Waals surface area contributed by atoms with E-state index in [1.54, 1.807) is 6.20 Å². The van der Waals surface area contributed by atoms with Crippen LogP contribution in [0.4, 0.5) is 0 Å². The molecule has 0 atom stereocenters. The topological polar surface area (TPSA) is 93.3 Å². The predicted molar refractivity (Wildman–Crippen MR) is 96.2 cm³/mol. The minimum absolute atomic E-state index is 0.0547. The van der Waals surface area contributed by atoms with E-state index in [2.05, 4.69) is 25.1 Å². The third-order valence-electron chi connectivity index (χ3n) is 4.72. The third kappa shape index (κ3) is 3.15. The van der Waals surface area contributed by atoms with Gasteiger partial charge in [-0.1, -0.05) is 13.8 Å². The summed E-state index contributed by atoms with van der Waals surface area (Å²) < 4.78 is 8.60. The van der Waals surface area contributed by atoms with E-state index < -0.39 is 0 Å². The van der Waals surface area contributed by atoms with Crippen molar-refractivity contribution in [2.24, 2.45) is 0 Å². The molecule has 0 spiro atoms. The second-order valence-electron chi connectivity index (χ2n) is 6.82. The molecule has 9 heteroatoms. The first-order chi connectivity index (χ1) is 12.6. The monoisotopic (exact) mass is 357 g/mol. The molecular formula is C17H23N7O2. The Bertz CT molecular complexity index is 950. The first-order valence-electron chi connectivity index (χ1n) is 8.92. The van der Waals surface area contributed by atoms with Crippen LogP contribution in [0.2, 0.25) is 0 Å². The van der Waals surface area contributed by atoms with Crippen LogP contribution in [0.3, 0.4) is 0 Å². The molecule has 138 valence electrons. The summed E-state index contributed by atoms with van der Waals surface area (Å²) in [5.41, 5.74) is 2.21. The van der Waals surface area contributed by atoms with Gasteiger partial charge in [-0.3, -0.25) is 14.4 Å². The molecule has 4 heterocycles. The molecule has 0 aromatic carbocycles. The summed E-state index contributed by atoms with van der Waals surface area (Å²) in [4.78, 5) is 22.5. The van der Waals surface area contributed by atoms with Gasteiger partial charge in [0.15, 0.2) is 0 Å². The standard InChI is InChI=1S/C17H23N7O2/c1-12(2)14-15(21-17-18-11-20-24(17)16(14)25)13-9-19-23(10-13)4-3-22-5-7-26-8-6-22/h9-12H,3-8H2,1-2H3,(H,18,20,21). The van der Waals surface area contributed by atoms with Crippen LogP contribution in [-0.2, 0) is 11.3 Å². The maximum atomic E-state index is 12.8. The van der Waals surface area contributed by atoms with E-state index in [1.165, 1.54) is 10.8 Å². The Morgan fingerprint density at radius 2 is 2.04 bits per heavy atom. The highest BCUT2D eigenvalue weighted by Crippen LogP contribution is 2.24. The molecule has 3 aromatic heterocycles. The van der Waals surface area contributed by atoms with Gasteiger partial charge in [0.1, 0.15) is 6.33 Å². The lowest BCUT2D eigenvalue weighted by Gasteiger charge is -2.26. The molecule has 3 aromatic rings. The van der Waals surface area contributed by atoms with Crippen LogP contribution in [0.1, 0.15) is 25.3 Å². The number of aromatic amines is 1. The molecule has 0 saturated carbocycles. The van der Waals surface area contributed by atoms with E-state index in [0.717, 1.165) is 50.7 Å². The van der Waals surface area contributed by atoms with E-state index in [1.807, 2.05) is 24.7 Å². The minimum atomic E-state index is -0.137. The molecule has 0 aliphatic carbocycles. The van der Waals surface area contributed by atoms with Crippen LogP contribution in [-0.4, -0.2) is 67.1 Å². The molecule has 1 fully saturated rings. The largest absolute Gasteiger partial charge is 0.379 e. The maximum Gasteiger partial charge on any atom is 0.279 e. The maximum absolute atomic E-state index is 12.8. The molecule has 0 amide bonds. The van der Waals surface area contributed by atoms with E-state index >= 15 is 0 Å². The van der Waals surface area contributed by atoms with E-state index in [4.69, 9.17) is 4.74 Å². The Labute approximate surface area is 150 Å². The number of hydrogen-bond acceptors (Lipinski definition) is 6. The van der Waals surface area contributed by atoms with Crippen LogP contribution in [0.5, 0.6) is 0 Å². The first kappa shape index (κ1) is 16.9. The first-order valence-corrected chi connectivity index (χ1v) is 8.92. The number of nitrogens with one attached hydrogen (secondary N) is 1. The zero-order chi connectivity index (χ0) is 18.1. The summed E-state index contributed by atoms with van der Waals surface area (Å²) in [5.74, 6) is 0.495. The van der Waals surface area contributed by atoms with Gasteiger partial charge < -0.3 is 9.72 Å². The van der Waals surface area contributed by atoms with Gasteiger partial charge in [-0.25, -0.2) is 0 Å². The van der Waals surface area contributed by atoms with Crippen LogP contribution < -0.4 is 5.56 Å². The van der Waals surface area contributed by atoms with Crippen molar-refractivity contribution < 1.29 is 4.74 Å². The number of aromatic nitrogens is 6. The Morgan fingerprint density at radius 3 is 2.81 bits per heavy atom. The number of ether oxygens (including phenoxy) is 1. The van der Waals surface area contributed by atoms with Crippen molar-refractivity contribution in [2.75, 3.05) is 32.8 Å². The van der Waals surface area contributed by atoms with Gasteiger partial charge in [0.25, 0.3) is 5.56 Å². The summed E-state index contributed by atoms with van der Waals surface area (Å²) in [5, 5.41) is 8.48. The molecule has 0 radical (unpaired) electrons. The Morgan fingerprint density at radius 1 is 1.23 bits per heavy atom. The van der Waals surface area contributed by atoms with Crippen LogP contribution in [0.15, 0.2) is 23.5 Å². The normalized spacial score (nSPS) is 16.0. The van der Waals surface area contributed by atoms with Gasteiger partial charge >= 0.3 is 0 Å². The smallest absolute Gasteiger partial charge is 0.279 e. The quantitative estimate of drug-likeness (QED) is 0.724. The predicted octanol–water partition coefficient (Wildman–Crippen LogP) is 0.737. The summed E-state index contributed by atoms with van der Waals surface area (Å²) >= 11 is 0. The van der Waals surface area contributed by atoms with Gasteiger partial charge in [-0.05, 0) is 5.92 Å². The lowest BCUT2D eigenvalue weighted by atomic mass is 10.0. The Balaban J connectivity index is 1.62. The molecule has 1 aliphatic rings. The van der Waals surface area contributed by atoms with Crippen molar-refractivity contribution in [3.8, 4) is 11.3 Å². The molecule has 4 rings (SSSR count). The fourth-order valence-corrected chi connectivity index (χ4v) is 3.32. The molecule has 9 nitrogen and oxygen atoms in total. The van der Waals surface area contributed by atoms with Crippen LogP contribution >= 0.6 is 0 Å². The van der Waals surface area contributed by atoms with Crippen molar-refractivity contribution in [3.63, 3.8) is 0 Å². The van der Waals surface area contributed by atoms with Crippen LogP contribution in [0, 0.1) is 0 Å². The molecule has 0 bridgehead atoms. The fourth-order valence-electron chi connectivity index (χ4n) is 3.32. The van der Waals surface area contributed by atoms with Crippen molar-refractivity contribution in [1.82, 2.24) is 34.3 Å². The van der Waals surface area contributed by atoms with Gasteiger partial charge in [-0.15, -0.1) is 0 Å². The summed E-state index contributed by atoms with van der Waals surface area (Å²) in [7, 11) is 0. The molecule has 26 heavy (non-hydrogen) atoms. The highest BCUT2D eigenvalue weighted by Gasteiger charge is 2.19. The molecule has 1 N–H and O–H groups in total. The number of hydrogen-bond donors (Lipinski definition) is 1. The van der Waals surface area contributed by atoms with E-state index in [9.17, 15) is 4.79 Å². The number of H-pyrrole nitrogens is 1. The number of nitrogens with zero attached hydrogens (tertiary/aromatic N) is 6. The summed E-state index contributed by atoms with van der Waals surface area (Å²) in [6, 6.07) is 0. The fraction of sp³-hybridized carbons (Fsp3) is 0.529. The van der Waals surface area contributed by atoms with Crippen molar-refractivity contribution in [1.29, 1.82) is 0 Å². The van der Waals surface area contributed by atoms with Gasteiger partial charge in [0.2, 0.25) is 5.78 Å². The van der Waals surface area contributed by atoms with Gasteiger partial charge in [-0.2, -0.15) is 19.7 Å². The Hall–Kier alpha value is -2.52. The second-order valence-corrected chi connectivity index (χ2v) is 6.82. The summed E-state index contributed by atoms with van der Waals surface area (Å²) in [6.07, 6.45) is 5.15. The van der Waals surface area contributed by atoms with E-state index in [0.29, 0.717) is 11.3 Å². The SMILES string of the molecule is CC(C)c1c(-c2cnn(CCN3CCOCC3)c2)[nH]c2ncnn2c1=O. The third-order valence-corrected chi connectivity index (χ3v) is 4.72.